The van der Waals surface area contributed by atoms with Gasteiger partial charge in [-0.15, -0.1) is 0 Å². The summed E-state index contributed by atoms with van der Waals surface area (Å²) in [7, 11) is 1.39. The first-order valence-corrected chi connectivity index (χ1v) is 6.87. The number of esters is 1. The number of benzene rings is 1. The van der Waals surface area contributed by atoms with Crippen LogP contribution in [0.1, 0.15) is 24.5 Å². The number of amides is 1. The van der Waals surface area contributed by atoms with E-state index >= 15 is 0 Å². The predicted octanol–water partition coefficient (Wildman–Crippen LogP) is 1.95. The molecule has 0 saturated carbocycles. The van der Waals surface area contributed by atoms with Crippen LogP contribution in [0.4, 0.5) is 0 Å². The molecule has 0 bridgehead atoms. The molecule has 0 radical (unpaired) electrons. The first kappa shape index (κ1) is 14.6. The third-order valence-corrected chi connectivity index (χ3v) is 4.11. The molecule has 1 aliphatic heterocycles. The van der Waals surface area contributed by atoms with Crippen LogP contribution in [0.2, 0.25) is 0 Å². The van der Waals surface area contributed by atoms with Crippen molar-refractivity contribution in [1.82, 2.24) is 4.90 Å². The smallest absolute Gasteiger partial charge is 0.313 e. The third-order valence-electron chi connectivity index (χ3n) is 4.11. The van der Waals surface area contributed by atoms with Gasteiger partial charge in [0.25, 0.3) is 0 Å². The van der Waals surface area contributed by atoms with Crippen molar-refractivity contribution in [2.24, 2.45) is 5.41 Å². The molecule has 0 unspecified atom stereocenters. The van der Waals surface area contributed by atoms with E-state index in [1.165, 1.54) is 7.11 Å². The van der Waals surface area contributed by atoms with Gasteiger partial charge in [0.05, 0.1) is 18.9 Å². The van der Waals surface area contributed by atoms with Crippen molar-refractivity contribution in [3.8, 4) is 0 Å². The number of carbonyl (C=O) groups is 2. The van der Waals surface area contributed by atoms with Crippen LogP contribution in [0.15, 0.2) is 24.3 Å². The van der Waals surface area contributed by atoms with Crippen LogP contribution in [0.5, 0.6) is 0 Å². The van der Waals surface area contributed by atoms with Crippen LogP contribution in [0, 0.1) is 12.3 Å². The van der Waals surface area contributed by atoms with E-state index in [0.717, 1.165) is 11.1 Å². The molecule has 1 aromatic rings. The number of nitrogens with zero attached hydrogens (tertiary/aromatic N) is 1. The van der Waals surface area contributed by atoms with Gasteiger partial charge in [0.1, 0.15) is 0 Å². The molecule has 1 heterocycles. The van der Waals surface area contributed by atoms with Gasteiger partial charge in [-0.3, -0.25) is 9.59 Å². The summed E-state index contributed by atoms with van der Waals surface area (Å²) in [5.41, 5.74) is 1.61. The summed E-state index contributed by atoms with van der Waals surface area (Å²) in [5, 5.41) is 0. The molecule has 2 rings (SSSR count). The van der Waals surface area contributed by atoms with Crippen LogP contribution < -0.4 is 0 Å². The molecule has 4 nitrogen and oxygen atoms in total. The Bertz CT molecular complexity index is 526. The van der Waals surface area contributed by atoms with E-state index in [4.69, 9.17) is 4.74 Å². The van der Waals surface area contributed by atoms with Crippen molar-refractivity contribution < 1.29 is 14.3 Å². The minimum Gasteiger partial charge on any atom is -0.469 e. The molecule has 20 heavy (non-hydrogen) atoms. The van der Waals surface area contributed by atoms with Crippen molar-refractivity contribution in [1.29, 1.82) is 0 Å². The van der Waals surface area contributed by atoms with Crippen molar-refractivity contribution in [3.63, 3.8) is 0 Å². The molecule has 1 fully saturated rings. The molecule has 4 heteroatoms. The predicted molar refractivity (Wildman–Crippen MR) is 76.2 cm³/mol. The highest BCUT2D eigenvalue weighted by Gasteiger charge is 2.42. The molecular weight excluding hydrogens is 254 g/mol. The molecule has 0 spiro atoms. The van der Waals surface area contributed by atoms with Crippen LogP contribution in [0.25, 0.3) is 0 Å². The molecule has 1 amide bonds. The summed E-state index contributed by atoms with van der Waals surface area (Å²) >= 11 is 0. The van der Waals surface area contributed by atoms with E-state index in [-0.39, 0.29) is 11.9 Å². The topological polar surface area (TPSA) is 46.6 Å². The average Bonchev–Trinajstić information content (AvgIpc) is 2.84. The number of methoxy groups -OCH3 is 1. The Morgan fingerprint density at radius 3 is 2.70 bits per heavy atom. The first-order valence-electron chi connectivity index (χ1n) is 6.87. The summed E-state index contributed by atoms with van der Waals surface area (Å²) in [6, 6.07) is 7.89. The molecule has 1 atom stereocenters. The van der Waals surface area contributed by atoms with Crippen LogP contribution in [0.3, 0.4) is 0 Å². The number of likely N-dealkylation sites (tertiary alicyclic amines) is 1. The van der Waals surface area contributed by atoms with Crippen LogP contribution in [-0.2, 0) is 20.7 Å². The maximum absolute atomic E-state index is 12.3. The average molecular weight is 275 g/mol. The standard InChI is InChI=1S/C16H21NO3/c1-12-6-4-5-7-13(12)10-14(18)17-9-8-16(2,11-17)15(19)20-3/h4-7H,8-11H2,1-3H3/t16-/m1/s1. The molecule has 0 aliphatic carbocycles. The molecular formula is C16H21NO3. The number of hydrogen-bond donors (Lipinski definition) is 0. The van der Waals surface area contributed by atoms with Gasteiger partial charge in [0.2, 0.25) is 5.91 Å². The molecule has 108 valence electrons. The van der Waals surface area contributed by atoms with Crippen LogP contribution in [-0.4, -0.2) is 37.0 Å². The fourth-order valence-electron chi connectivity index (χ4n) is 2.67. The summed E-state index contributed by atoms with van der Waals surface area (Å²) < 4.78 is 4.83. The summed E-state index contributed by atoms with van der Waals surface area (Å²) in [5.74, 6) is -0.157. The lowest BCUT2D eigenvalue weighted by Crippen LogP contribution is -2.36. The second-order valence-electron chi connectivity index (χ2n) is 5.72. The minimum atomic E-state index is -0.559. The van der Waals surface area contributed by atoms with Gasteiger partial charge >= 0.3 is 5.97 Å². The number of hydrogen-bond acceptors (Lipinski definition) is 3. The second-order valence-corrected chi connectivity index (χ2v) is 5.72. The van der Waals surface area contributed by atoms with Gasteiger partial charge in [0.15, 0.2) is 0 Å². The number of carbonyl (C=O) groups excluding carboxylic acids is 2. The number of aryl methyl sites for hydroxylation is 1. The Morgan fingerprint density at radius 1 is 1.35 bits per heavy atom. The maximum Gasteiger partial charge on any atom is 0.313 e. The fourth-order valence-corrected chi connectivity index (χ4v) is 2.67. The van der Waals surface area contributed by atoms with Crippen molar-refractivity contribution in [2.45, 2.75) is 26.7 Å². The van der Waals surface area contributed by atoms with E-state index in [9.17, 15) is 9.59 Å². The molecule has 1 saturated heterocycles. The molecule has 1 aromatic carbocycles. The van der Waals surface area contributed by atoms with E-state index < -0.39 is 5.41 Å². The van der Waals surface area contributed by atoms with Gasteiger partial charge < -0.3 is 9.64 Å². The highest BCUT2D eigenvalue weighted by Crippen LogP contribution is 2.31. The highest BCUT2D eigenvalue weighted by molar-refractivity contribution is 5.82. The van der Waals surface area contributed by atoms with Gasteiger partial charge in [0, 0.05) is 13.1 Å². The number of rotatable bonds is 3. The molecule has 0 aromatic heterocycles. The lowest BCUT2D eigenvalue weighted by Gasteiger charge is -2.22. The molecule has 0 N–H and O–H groups in total. The minimum absolute atomic E-state index is 0.0759. The summed E-state index contributed by atoms with van der Waals surface area (Å²) in [6.45, 7) is 4.94. The maximum atomic E-state index is 12.3. The van der Waals surface area contributed by atoms with Gasteiger partial charge in [-0.05, 0) is 31.4 Å². The zero-order valence-corrected chi connectivity index (χ0v) is 12.3. The van der Waals surface area contributed by atoms with E-state index in [0.29, 0.717) is 25.9 Å². The van der Waals surface area contributed by atoms with E-state index in [1.54, 1.807) is 4.90 Å². The zero-order chi connectivity index (χ0) is 14.8. The Balaban J connectivity index is 2.02. The fraction of sp³-hybridized carbons (Fsp3) is 0.500. The summed E-state index contributed by atoms with van der Waals surface area (Å²) in [6.07, 6.45) is 1.06. The largest absolute Gasteiger partial charge is 0.469 e. The Kier molecular flexibility index (Phi) is 4.12. The lowest BCUT2D eigenvalue weighted by molar-refractivity contribution is -0.151. The molecule has 1 aliphatic rings. The normalized spacial score (nSPS) is 21.9. The lowest BCUT2D eigenvalue weighted by atomic mass is 9.90. The first-order chi connectivity index (χ1) is 9.46. The highest BCUT2D eigenvalue weighted by atomic mass is 16.5. The van der Waals surface area contributed by atoms with Crippen molar-refractivity contribution >= 4 is 11.9 Å². The second kappa shape index (κ2) is 5.65. The van der Waals surface area contributed by atoms with Crippen molar-refractivity contribution in [2.75, 3.05) is 20.2 Å². The Labute approximate surface area is 119 Å². The van der Waals surface area contributed by atoms with Gasteiger partial charge in [-0.1, -0.05) is 24.3 Å². The zero-order valence-electron chi connectivity index (χ0n) is 12.3. The monoisotopic (exact) mass is 275 g/mol. The quantitative estimate of drug-likeness (QED) is 0.792. The van der Waals surface area contributed by atoms with Gasteiger partial charge in [-0.25, -0.2) is 0 Å². The van der Waals surface area contributed by atoms with Crippen LogP contribution >= 0.6 is 0 Å². The Morgan fingerprint density at radius 2 is 2.05 bits per heavy atom. The van der Waals surface area contributed by atoms with E-state index in [2.05, 4.69) is 0 Å². The SMILES string of the molecule is COC(=O)[C@]1(C)CCN(C(=O)Cc2ccccc2C)C1. The van der Waals surface area contributed by atoms with Gasteiger partial charge in [-0.2, -0.15) is 0 Å². The third kappa shape index (κ3) is 2.84. The Hall–Kier alpha value is -1.84. The van der Waals surface area contributed by atoms with E-state index in [1.807, 2.05) is 38.1 Å². The summed E-state index contributed by atoms with van der Waals surface area (Å²) in [4.78, 5) is 25.9. The number of ether oxygens (including phenoxy) is 1. The van der Waals surface area contributed by atoms with Crippen molar-refractivity contribution in [3.05, 3.63) is 35.4 Å².